The molecule has 0 spiro atoms. The number of rotatable bonds is 7. The van der Waals surface area contributed by atoms with Crippen LogP contribution in [0.2, 0.25) is 0 Å². The van der Waals surface area contributed by atoms with Gasteiger partial charge in [0.2, 0.25) is 11.8 Å². The summed E-state index contributed by atoms with van der Waals surface area (Å²) in [7, 11) is 0. The van der Waals surface area contributed by atoms with E-state index in [9.17, 15) is 9.59 Å². The van der Waals surface area contributed by atoms with Gasteiger partial charge in [-0.05, 0) is 48.2 Å². The maximum absolute atomic E-state index is 12.0. The van der Waals surface area contributed by atoms with Crippen LogP contribution in [0.3, 0.4) is 0 Å². The summed E-state index contributed by atoms with van der Waals surface area (Å²) in [4.78, 5) is 23.9. The van der Waals surface area contributed by atoms with Gasteiger partial charge in [0.25, 0.3) is 0 Å². The normalized spacial score (nSPS) is 10.6. The molecule has 0 saturated heterocycles. The van der Waals surface area contributed by atoms with Crippen molar-refractivity contribution in [3.8, 4) is 0 Å². The molecule has 0 fully saturated rings. The Labute approximate surface area is 153 Å². The maximum atomic E-state index is 12.0. The fourth-order valence-corrected chi connectivity index (χ4v) is 2.92. The van der Waals surface area contributed by atoms with E-state index in [-0.39, 0.29) is 23.3 Å². The van der Waals surface area contributed by atoms with Crippen molar-refractivity contribution in [2.45, 2.75) is 26.7 Å². The molecule has 5 heteroatoms. The van der Waals surface area contributed by atoms with E-state index in [1.807, 2.05) is 55.5 Å². The minimum absolute atomic E-state index is 0.106. The zero-order valence-corrected chi connectivity index (χ0v) is 15.7. The molecule has 0 bridgehead atoms. The molecule has 4 nitrogen and oxygen atoms in total. The first-order chi connectivity index (χ1) is 11.9. The van der Waals surface area contributed by atoms with Crippen molar-refractivity contribution in [1.29, 1.82) is 0 Å². The number of benzene rings is 2. The zero-order chi connectivity index (χ0) is 18.2. The zero-order valence-electron chi connectivity index (χ0n) is 14.8. The van der Waals surface area contributed by atoms with Crippen molar-refractivity contribution < 1.29 is 9.59 Å². The lowest BCUT2D eigenvalue weighted by Gasteiger charge is -2.09. The molecule has 0 aliphatic rings. The molecule has 0 saturated carbocycles. The van der Waals surface area contributed by atoms with Gasteiger partial charge in [0.1, 0.15) is 0 Å². The van der Waals surface area contributed by atoms with Crippen LogP contribution in [0.5, 0.6) is 0 Å². The second-order valence-electron chi connectivity index (χ2n) is 6.24. The van der Waals surface area contributed by atoms with Crippen LogP contribution in [0.15, 0.2) is 48.5 Å². The molecular formula is C20H24N2O2S. The van der Waals surface area contributed by atoms with E-state index in [1.165, 1.54) is 17.3 Å². The van der Waals surface area contributed by atoms with Gasteiger partial charge in [-0.25, -0.2) is 0 Å². The highest BCUT2D eigenvalue weighted by atomic mass is 32.2. The molecule has 2 amide bonds. The lowest BCUT2D eigenvalue weighted by Crippen LogP contribution is -2.18. The van der Waals surface area contributed by atoms with E-state index < -0.39 is 0 Å². The average molecular weight is 356 g/mol. The van der Waals surface area contributed by atoms with Gasteiger partial charge in [-0.15, -0.1) is 11.8 Å². The van der Waals surface area contributed by atoms with E-state index in [4.69, 9.17) is 0 Å². The van der Waals surface area contributed by atoms with Crippen LogP contribution in [0.4, 0.5) is 11.4 Å². The summed E-state index contributed by atoms with van der Waals surface area (Å²) in [6, 6.07) is 15.5. The number of carbonyl (C=O) groups is 2. The van der Waals surface area contributed by atoms with Gasteiger partial charge < -0.3 is 10.6 Å². The minimum atomic E-state index is -0.107. The third-order valence-corrected chi connectivity index (χ3v) is 4.56. The quantitative estimate of drug-likeness (QED) is 0.772. The van der Waals surface area contributed by atoms with Crippen LogP contribution >= 0.6 is 11.8 Å². The number of anilines is 2. The molecule has 132 valence electrons. The molecule has 0 unspecified atom stereocenters. The predicted molar refractivity (Wildman–Crippen MR) is 106 cm³/mol. The number of hydrogen-bond donors (Lipinski definition) is 2. The van der Waals surface area contributed by atoms with Crippen LogP contribution in [0.1, 0.15) is 30.9 Å². The molecule has 0 heterocycles. The van der Waals surface area contributed by atoms with Crippen LogP contribution in [0.25, 0.3) is 0 Å². The third kappa shape index (κ3) is 6.63. The van der Waals surface area contributed by atoms with Crippen molar-refractivity contribution in [2.24, 2.45) is 0 Å². The fourth-order valence-electron chi connectivity index (χ4n) is 2.30. The molecule has 0 aliphatic heterocycles. The minimum Gasteiger partial charge on any atom is -0.325 e. The van der Waals surface area contributed by atoms with Gasteiger partial charge in [-0.2, -0.15) is 0 Å². The summed E-state index contributed by atoms with van der Waals surface area (Å²) in [5.74, 6) is 0.739. The van der Waals surface area contributed by atoms with Crippen molar-refractivity contribution >= 4 is 35.0 Å². The molecule has 2 rings (SSSR count). The predicted octanol–water partition coefficient (Wildman–Crippen LogP) is 4.43. The second kappa shape index (κ2) is 9.28. The first-order valence-electron chi connectivity index (χ1n) is 8.28. The Bertz CT molecular complexity index is 727. The van der Waals surface area contributed by atoms with Gasteiger partial charge in [-0.1, -0.05) is 38.1 Å². The van der Waals surface area contributed by atoms with E-state index in [1.54, 1.807) is 0 Å². The van der Waals surface area contributed by atoms with Crippen molar-refractivity contribution in [3.05, 3.63) is 59.7 Å². The monoisotopic (exact) mass is 356 g/mol. The van der Waals surface area contributed by atoms with E-state index in [2.05, 4.69) is 24.5 Å². The van der Waals surface area contributed by atoms with Gasteiger partial charge in [0, 0.05) is 11.4 Å². The van der Waals surface area contributed by atoms with Crippen LogP contribution in [-0.4, -0.2) is 23.3 Å². The summed E-state index contributed by atoms with van der Waals surface area (Å²) in [6.07, 6.45) is 0. The highest BCUT2D eigenvalue weighted by Gasteiger charge is 2.07. The Morgan fingerprint density at radius 1 is 0.920 bits per heavy atom. The average Bonchev–Trinajstić information content (AvgIpc) is 2.55. The Kier molecular flexibility index (Phi) is 7.07. The van der Waals surface area contributed by atoms with Crippen LogP contribution in [-0.2, 0) is 9.59 Å². The van der Waals surface area contributed by atoms with Gasteiger partial charge in [0.15, 0.2) is 0 Å². The molecule has 2 N–H and O–H groups in total. The summed E-state index contributed by atoms with van der Waals surface area (Å²) in [5, 5.41) is 5.68. The largest absolute Gasteiger partial charge is 0.325 e. The van der Waals surface area contributed by atoms with Gasteiger partial charge >= 0.3 is 0 Å². The van der Waals surface area contributed by atoms with Crippen molar-refractivity contribution in [2.75, 3.05) is 22.1 Å². The smallest absolute Gasteiger partial charge is 0.234 e. The van der Waals surface area contributed by atoms with E-state index in [0.29, 0.717) is 5.92 Å². The Morgan fingerprint density at radius 2 is 1.52 bits per heavy atom. The number of carbonyl (C=O) groups excluding carboxylic acids is 2. The van der Waals surface area contributed by atoms with Gasteiger partial charge in [0.05, 0.1) is 11.5 Å². The molecule has 25 heavy (non-hydrogen) atoms. The van der Waals surface area contributed by atoms with Crippen molar-refractivity contribution in [3.63, 3.8) is 0 Å². The van der Waals surface area contributed by atoms with Gasteiger partial charge in [-0.3, -0.25) is 9.59 Å². The molecule has 0 aliphatic carbocycles. The van der Waals surface area contributed by atoms with E-state index in [0.717, 1.165) is 16.9 Å². The number of aryl methyl sites for hydroxylation is 1. The lowest BCUT2D eigenvalue weighted by atomic mass is 10.0. The lowest BCUT2D eigenvalue weighted by molar-refractivity contribution is -0.114. The number of hydrogen-bond acceptors (Lipinski definition) is 3. The Hall–Kier alpha value is -2.27. The summed E-state index contributed by atoms with van der Waals surface area (Å²) in [5.41, 5.74) is 3.88. The highest BCUT2D eigenvalue weighted by molar-refractivity contribution is 8.00. The molecule has 0 atom stereocenters. The SMILES string of the molecule is Cc1cccc(NC(=O)CSCC(=O)Nc2ccc(C(C)C)cc2)c1. The number of nitrogens with one attached hydrogen (secondary N) is 2. The second-order valence-corrected chi connectivity index (χ2v) is 7.22. The third-order valence-electron chi connectivity index (χ3n) is 3.63. The maximum Gasteiger partial charge on any atom is 0.234 e. The Morgan fingerprint density at radius 3 is 2.08 bits per heavy atom. The molecule has 0 aromatic heterocycles. The van der Waals surface area contributed by atoms with Crippen LogP contribution in [0, 0.1) is 6.92 Å². The fraction of sp³-hybridized carbons (Fsp3) is 0.300. The van der Waals surface area contributed by atoms with Crippen LogP contribution < -0.4 is 10.6 Å². The highest BCUT2D eigenvalue weighted by Crippen LogP contribution is 2.17. The summed E-state index contributed by atoms with van der Waals surface area (Å²) >= 11 is 1.30. The standard InChI is InChI=1S/C20H24N2O2S/c1-14(2)16-7-9-17(10-8-16)21-19(23)12-25-13-20(24)22-18-6-4-5-15(3)11-18/h4-11,14H,12-13H2,1-3H3,(H,21,23)(H,22,24). The first kappa shape index (κ1) is 19.1. The Balaban J connectivity index is 1.72. The van der Waals surface area contributed by atoms with E-state index >= 15 is 0 Å². The topological polar surface area (TPSA) is 58.2 Å². The first-order valence-corrected chi connectivity index (χ1v) is 9.43. The number of thioether (sulfide) groups is 1. The molecule has 2 aromatic rings. The summed E-state index contributed by atoms with van der Waals surface area (Å²) < 4.78 is 0. The molecule has 2 aromatic carbocycles. The summed E-state index contributed by atoms with van der Waals surface area (Å²) in [6.45, 7) is 6.24. The molecular weight excluding hydrogens is 332 g/mol. The van der Waals surface area contributed by atoms with Crippen molar-refractivity contribution in [1.82, 2.24) is 0 Å². The molecule has 0 radical (unpaired) electrons. The number of amides is 2.